The lowest BCUT2D eigenvalue weighted by Gasteiger charge is -2.13. The van der Waals surface area contributed by atoms with Crippen molar-refractivity contribution in [1.82, 2.24) is 0 Å². The third-order valence-electron chi connectivity index (χ3n) is 2.74. The number of ether oxygens (including phenoxy) is 2. The van der Waals surface area contributed by atoms with Crippen LogP contribution in [0.1, 0.15) is 15.9 Å². The van der Waals surface area contributed by atoms with Crippen molar-refractivity contribution in [3.05, 3.63) is 58.1 Å². The predicted octanol–water partition coefficient (Wildman–Crippen LogP) is 2.40. The molecule has 4 nitrogen and oxygen atoms in total. The fourth-order valence-corrected chi connectivity index (χ4v) is 2.13. The number of carboxylic acid groups (broad SMARTS) is 1. The van der Waals surface area contributed by atoms with Crippen LogP contribution in [0.3, 0.4) is 0 Å². The van der Waals surface area contributed by atoms with Crippen LogP contribution in [0.5, 0.6) is 11.5 Å². The minimum atomic E-state index is -1.23. The molecule has 0 spiro atoms. The number of rotatable bonds is 5. The van der Waals surface area contributed by atoms with Gasteiger partial charge in [-0.15, -0.1) is 0 Å². The lowest BCUT2D eigenvalue weighted by atomic mass is 10.1. The number of halogens is 1. The Morgan fingerprint density at radius 1 is 1.20 bits per heavy atom. The molecule has 0 N–H and O–H groups in total. The third kappa shape index (κ3) is 3.30. The fourth-order valence-electron chi connectivity index (χ4n) is 1.74. The second-order valence-electron chi connectivity index (χ2n) is 4.03. The van der Waals surface area contributed by atoms with Gasteiger partial charge in [0, 0.05) is 5.56 Å². The Morgan fingerprint density at radius 3 is 2.60 bits per heavy atom. The number of hydrogen-bond acceptors (Lipinski definition) is 4. The van der Waals surface area contributed by atoms with Crippen LogP contribution in [0.15, 0.2) is 46.9 Å². The Balaban J connectivity index is 2.22. The van der Waals surface area contributed by atoms with Gasteiger partial charge in [0.2, 0.25) is 0 Å². The Hall–Kier alpha value is -2.01. The first-order valence-electron chi connectivity index (χ1n) is 5.87. The first kappa shape index (κ1) is 14.4. The van der Waals surface area contributed by atoms with E-state index in [1.165, 1.54) is 19.2 Å². The molecule has 20 heavy (non-hydrogen) atoms. The molecule has 0 atom stereocenters. The van der Waals surface area contributed by atoms with E-state index in [1.807, 2.05) is 24.3 Å². The minimum Gasteiger partial charge on any atom is -0.545 e. The van der Waals surface area contributed by atoms with E-state index in [1.54, 1.807) is 6.07 Å². The zero-order valence-electron chi connectivity index (χ0n) is 10.8. The largest absolute Gasteiger partial charge is 0.545 e. The van der Waals surface area contributed by atoms with Crippen molar-refractivity contribution in [2.45, 2.75) is 6.61 Å². The minimum absolute atomic E-state index is 0.0940. The van der Waals surface area contributed by atoms with E-state index >= 15 is 0 Å². The van der Waals surface area contributed by atoms with Crippen molar-refractivity contribution in [3.8, 4) is 11.5 Å². The summed E-state index contributed by atoms with van der Waals surface area (Å²) in [4.78, 5) is 10.9. The molecule has 0 aliphatic carbocycles. The Labute approximate surface area is 125 Å². The first-order valence-corrected chi connectivity index (χ1v) is 6.66. The van der Waals surface area contributed by atoms with Gasteiger partial charge < -0.3 is 19.4 Å². The topological polar surface area (TPSA) is 58.6 Å². The van der Waals surface area contributed by atoms with E-state index in [4.69, 9.17) is 9.47 Å². The van der Waals surface area contributed by atoms with Gasteiger partial charge in [0.1, 0.15) is 18.1 Å². The number of methoxy groups -OCH3 is 1. The highest BCUT2D eigenvalue weighted by atomic mass is 79.9. The molecule has 0 heterocycles. The van der Waals surface area contributed by atoms with E-state index in [9.17, 15) is 9.90 Å². The molecule has 0 amide bonds. The number of para-hydroxylation sites is 1. The molecule has 0 aliphatic heterocycles. The van der Waals surface area contributed by atoms with Crippen LogP contribution in [-0.4, -0.2) is 13.1 Å². The molecule has 0 saturated carbocycles. The Kier molecular flexibility index (Phi) is 4.63. The Bertz CT molecular complexity index is 625. The quantitative estimate of drug-likeness (QED) is 0.841. The molecule has 2 rings (SSSR count). The highest BCUT2D eigenvalue weighted by Crippen LogP contribution is 2.27. The summed E-state index contributed by atoms with van der Waals surface area (Å²) in [5, 5.41) is 10.9. The molecular formula is C15H12BrO4-. The highest BCUT2D eigenvalue weighted by molar-refractivity contribution is 9.10. The second kappa shape index (κ2) is 6.43. The van der Waals surface area contributed by atoms with Crippen molar-refractivity contribution < 1.29 is 19.4 Å². The third-order valence-corrected chi connectivity index (χ3v) is 3.39. The zero-order chi connectivity index (χ0) is 14.5. The maximum Gasteiger partial charge on any atom is 0.133 e. The first-order chi connectivity index (χ1) is 9.61. The number of carboxylic acids is 1. The van der Waals surface area contributed by atoms with Crippen molar-refractivity contribution in [2.75, 3.05) is 7.11 Å². The molecule has 0 aromatic heterocycles. The monoisotopic (exact) mass is 335 g/mol. The van der Waals surface area contributed by atoms with Crippen LogP contribution < -0.4 is 14.6 Å². The van der Waals surface area contributed by atoms with Crippen molar-refractivity contribution in [3.63, 3.8) is 0 Å². The van der Waals surface area contributed by atoms with Gasteiger partial charge in [-0.2, -0.15) is 0 Å². The summed E-state index contributed by atoms with van der Waals surface area (Å²) in [5.41, 5.74) is 0.737. The predicted molar refractivity (Wildman–Crippen MR) is 75.8 cm³/mol. The summed E-state index contributed by atoms with van der Waals surface area (Å²) in [5.74, 6) is 0.0188. The highest BCUT2D eigenvalue weighted by Gasteiger charge is 2.07. The number of hydrogen-bond donors (Lipinski definition) is 0. The lowest BCUT2D eigenvalue weighted by molar-refractivity contribution is -0.255. The fraction of sp³-hybridized carbons (Fsp3) is 0.133. The van der Waals surface area contributed by atoms with E-state index in [-0.39, 0.29) is 12.2 Å². The molecule has 0 saturated heterocycles. The van der Waals surface area contributed by atoms with Gasteiger partial charge in [0.15, 0.2) is 0 Å². The summed E-state index contributed by atoms with van der Waals surface area (Å²) in [6, 6.07) is 11.9. The molecule has 0 bridgehead atoms. The smallest absolute Gasteiger partial charge is 0.133 e. The summed E-state index contributed by atoms with van der Waals surface area (Å²) in [7, 11) is 1.52. The van der Waals surface area contributed by atoms with Gasteiger partial charge in [0.05, 0.1) is 17.6 Å². The standard InChI is InChI=1S/C15H13BrO4/c1-19-13-7-6-10(15(17)18)8-11(13)9-20-14-5-3-2-4-12(14)16/h2-8H,9H2,1H3,(H,17,18)/p-1. The molecule has 2 aromatic rings. The number of benzene rings is 2. The average molecular weight is 336 g/mol. The summed E-state index contributed by atoms with van der Waals surface area (Å²) >= 11 is 3.38. The number of carbonyl (C=O) groups excluding carboxylic acids is 1. The average Bonchev–Trinajstić information content (AvgIpc) is 2.46. The molecule has 2 aromatic carbocycles. The van der Waals surface area contributed by atoms with E-state index in [0.29, 0.717) is 17.1 Å². The molecule has 104 valence electrons. The number of aromatic carboxylic acids is 1. The van der Waals surface area contributed by atoms with Gasteiger partial charge in [-0.3, -0.25) is 0 Å². The van der Waals surface area contributed by atoms with Crippen molar-refractivity contribution >= 4 is 21.9 Å². The van der Waals surface area contributed by atoms with E-state index in [2.05, 4.69) is 15.9 Å². The van der Waals surface area contributed by atoms with Gasteiger partial charge in [-0.1, -0.05) is 12.1 Å². The lowest BCUT2D eigenvalue weighted by Crippen LogP contribution is -2.22. The second-order valence-corrected chi connectivity index (χ2v) is 4.89. The van der Waals surface area contributed by atoms with Gasteiger partial charge in [-0.25, -0.2) is 0 Å². The molecule has 0 aliphatic rings. The van der Waals surface area contributed by atoms with Crippen LogP contribution >= 0.6 is 15.9 Å². The van der Waals surface area contributed by atoms with Crippen LogP contribution in [0.4, 0.5) is 0 Å². The van der Waals surface area contributed by atoms with Gasteiger partial charge in [0.25, 0.3) is 0 Å². The van der Waals surface area contributed by atoms with E-state index < -0.39 is 5.97 Å². The normalized spacial score (nSPS) is 10.1. The van der Waals surface area contributed by atoms with Gasteiger partial charge in [-0.05, 0) is 51.8 Å². The van der Waals surface area contributed by atoms with Crippen LogP contribution in [-0.2, 0) is 6.61 Å². The molecule has 0 fully saturated rings. The molecule has 5 heteroatoms. The van der Waals surface area contributed by atoms with Crippen LogP contribution in [0.2, 0.25) is 0 Å². The Morgan fingerprint density at radius 2 is 1.95 bits per heavy atom. The van der Waals surface area contributed by atoms with Crippen LogP contribution in [0, 0.1) is 0 Å². The van der Waals surface area contributed by atoms with Gasteiger partial charge >= 0.3 is 0 Å². The summed E-state index contributed by atoms with van der Waals surface area (Å²) in [6.45, 7) is 0.201. The maximum atomic E-state index is 10.9. The zero-order valence-corrected chi connectivity index (χ0v) is 12.3. The van der Waals surface area contributed by atoms with Crippen LogP contribution in [0.25, 0.3) is 0 Å². The molecule has 0 radical (unpaired) electrons. The molecular weight excluding hydrogens is 324 g/mol. The van der Waals surface area contributed by atoms with Crippen molar-refractivity contribution in [2.24, 2.45) is 0 Å². The van der Waals surface area contributed by atoms with Crippen molar-refractivity contribution in [1.29, 1.82) is 0 Å². The summed E-state index contributed by atoms with van der Waals surface area (Å²) in [6.07, 6.45) is 0. The maximum absolute atomic E-state index is 10.9. The summed E-state index contributed by atoms with van der Waals surface area (Å²) < 4.78 is 11.7. The van der Waals surface area contributed by atoms with E-state index in [0.717, 1.165) is 4.47 Å². The molecule has 0 unspecified atom stereocenters. The SMILES string of the molecule is COc1ccc(C(=O)[O-])cc1COc1ccccc1Br. The number of carbonyl (C=O) groups is 1.